The van der Waals surface area contributed by atoms with Crippen LogP contribution in [-0.4, -0.2) is 48.0 Å². The van der Waals surface area contributed by atoms with Crippen LogP contribution in [0.5, 0.6) is 0 Å². The van der Waals surface area contributed by atoms with Crippen LogP contribution in [0.2, 0.25) is 0 Å². The maximum atomic E-state index is 12.8. The lowest BCUT2D eigenvalue weighted by Crippen LogP contribution is -2.53. The zero-order valence-corrected chi connectivity index (χ0v) is 13.2. The fourth-order valence-electron chi connectivity index (χ4n) is 2.48. The number of methoxy groups -OCH3 is 1. The maximum Gasteiger partial charge on any atom is 0.417 e. The Kier molecular flexibility index (Phi) is 4.84. The molecule has 1 N–H and O–H groups in total. The number of alkyl halides is 3. The highest BCUT2D eigenvalue weighted by molar-refractivity contribution is 7.14. The lowest BCUT2D eigenvalue weighted by atomic mass is 9.90. The first-order chi connectivity index (χ1) is 10.2. The van der Waals surface area contributed by atoms with E-state index in [0.717, 1.165) is 10.4 Å². The average molecular weight is 337 g/mol. The molecule has 0 radical (unpaired) electrons. The number of esters is 1. The van der Waals surface area contributed by atoms with Gasteiger partial charge in [-0.3, -0.25) is 4.90 Å². The first kappa shape index (κ1) is 17.2. The number of ether oxygens (including phenoxy) is 1. The summed E-state index contributed by atoms with van der Waals surface area (Å²) in [5.74, 6) is -0.413. The van der Waals surface area contributed by atoms with Crippen LogP contribution in [0.25, 0.3) is 0 Å². The van der Waals surface area contributed by atoms with E-state index < -0.39 is 17.7 Å². The van der Waals surface area contributed by atoms with Crippen molar-refractivity contribution in [3.63, 3.8) is 0 Å². The van der Waals surface area contributed by atoms with Crippen molar-refractivity contribution in [3.8, 4) is 0 Å². The third-order valence-corrected chi connectivity index (χ3v) is 5.08. The number of nitrogens with zero attached hydrogens (tertiary/aromatic N) is 1. The van der Waals surface area contributed by atoms with E-state index >= 15 is 0 Å². The van der Waals surface area contributed by atoms with E-state index in [1.807, 2.05) is 11.8 Å². The molecule has 0 atom stereocenters. The number of carbonyl (C=O) groups is 1. The largest absolute Gasteiger partial charge is 0.465 e. The molecule has 1 aromatic heterocycles. The fraction of sp³-hybridized carbons (Fsp3) is 0.643. The third kappa shape index (κ3) is 3.44. The van der Waals surface area contributed by atoms with E-state index in [1.165, 1.54) is 18.4 Å². The molecule has 1 saturated heterocycles. The summed E-state index contributed by atoms with van der Waals surface area (Å²) in [6.07, 6.45) is -5.25. The van der Waals surface area contributed by atoms with Crippen LogP contribution in [0.15, 0.2) is 6.07 Å². The van der Waals surface area contributed by atoms with Gasteiger partial charge in [0.25, 0.3) is 0 Å². The number of thiophene rings is 1. The lowest BCUT2D eigenvalue weighted by molar-refractivity contribution is -0.272. The molecule has 0 bridgehead atoms. The Balaban J connectivity index is 2.00. The minimum atomic E-state index is -4.59. The average Bonchev–Trinajstić information content (AvgIpc) is 2.81. The van der Waals surface area contributed by atoms with E-state index in [4.69, 9.17) is 0 Å². The topological polar surface area (TPSA) is 49.8 Å². The van der Waals surface area contributed by atoms with Gasteiger partial charge in [0.2, 0.25) is 0 Å². The highest BCUT2D eigenvalue weighted by Crippen LogP contribution is 2.38. The van der Waals surface area contributed by atoms with Crippen LogP contribution >= 0.6 is 11.3 Å². The van der Waals surface area contributed by atoms with Gasteiger partial charge >= 0.3 is 12.1 Å². The number of carbonyl (C=O) groups excluding carboxylic acids is 1. The Hall–Kier alpha value is -1.12. The van der Waals surface area contributed by atoms with Crippen LogP contribution in [0.3, 0.4) is 0 Å². The smallest absolute Gasteiger partial charge is 0.417 e. The predicted octanol–water partition coefficient (Wildman–Crippen LogP) is 2.73. The molecule has 22 heavy (non-hydrogen) atoms. The molecule has 1 fully saturated rings. The normalized spacial score (nSPS) is 19.2. The minimum absolute atomic E-state index is 0.166. The lowest BCUT2D eigenvalue weighted by Gasteiger charge is -2.39. The second-order valence-corrected chi connectivity index (χ2v) is 6.75. The molecular formula is C14H18F3NO3S. The Labute approximate surface area is 130 Å². The van der Waals surface area contributed by atoms with Crippen molar-refractivity contribution in [2.45, 2.75) is 38.1 Å². The molecule has 0 saturated carbocycles. The van der Waals surface area contributed by atoms with Gasteiger partial charge in [-0.1, -0.05) is 0 Å². The number of aliphatic hydroxyl groups is 1. The summed E-state index contributed by atoms with van der Waals surface area (Å²) in [5, 5.41) is 9.64. The van der Waals surface area contributed by atoms with Gasteiger partial charge in [0.15, 0.2) is 5.60 Å². The summed E-state index contributed by atoms with van der Waals surface area (Å²) in [5.41, 5.74) is -1.67. The fourth-order valence-corrected chi connectivity index (χ4v) is 3.44. The zero-order chi connectivity index (χ0) is 16.5. The van der Waals surface area contributed by atoms with Crippen LogP contribution in [0, 0.1) is 6.92 Å². The molecule has 0 aliphatic carbocycles. The first-order valence-corrected chi connectivity index (χ1v) is 7.67. The Morgan fingerprint density at radius 2 is 2.05 bits per heavy atom. The monoisotopic (exact) mass is 337 g/mol. The molecule has 0 amide bonds. The molecule has 0 aromatic carbocycles. The van der Waals surface area contributed by atoms with E-state index in [9.17, 15) is 23.1 Å². The standard InChI is InChI=1S/C14H18F3NO3S/c1-9-10(7-11(22-9)12(19)21-2)8-18-5-3-13(20,4-6-18)14(15,16)17/h7,20H,3-6,8H2,1-2H3. The summed E-state index contributed by atoms with van der Waals surface area (Å²) in [6, 6.07) is 1.72. The highest BCUT2D eigenvalue weighted by Gasteiger charge is 2.54. The Morgan fingerprint density at radius 3 is 2.55 bits per heavy atom. The maximum absolute atomic E-state index is 12.8. The molecule has 1 aliphatic heterocycles. The Bertz CT molecular complexity index is 548. The molecule has 1 aliphatic rings. The van der Waals surface area contributed by atoms with Gasteiger partial charge < -0.3 is 9.84 Å². The van der Waals surface area contributed by atoms with Gasteiger partial charge in [-0.2, -0.15) is 13.2 Å². The van der Waals surface area contributed by atoms with Gasteiger partial charge in [-0.15, -0.1) is 11.3 Å². The second-order valence-electron chi connectivity index (χ2n) is 5.49. The van der Waals surface area contributed by atoms with Gasteiger partial charge in [0, 0.05) is 24.5 Å². The van der Waals surface area contributed by atoms with Crippen molar-refractivity contribution >= 4 is 17.3 Å². The number of hydrogen-bond acceptors (Lipinski definition) is 5. The summed E-state index contributed by atoms with van der Waals surface area (Å²) >= 11 is 1.31. The zero-order valence-electron chi connectivity index (χ0n) is 12.4. The van der Waals surface area contributed by atoms with Crippen molar-refractivity contribution in [2.24, 2.45) is 0 Å². The van der Waals surface area contributed by atoms with Crippen molar-refractivity contribution < 1.29 is 27.8 Å². The summed E-state index contributed by atoms with van der Waals surface area (Å²) in [7, 11) is 1.31. The molecule has 0 unspecified atom stereocenters. The van der Waals surface area contributed by atoms with Crippen LogP contribution in [-0.2, 0) is 11.3 Å². The van der Waals surface area contributed by atoms with Gasteiger partial charge in [-0.25, -0.2) is 4.79 Å². The molecular weight excluding hydrogens is 319 g/mol. The quantitative estimate of drug-likeness (QED) is 0.862. The number of rotatable bonds is 3. The van der Waals surface area contributed by atoms with Crippen molar-refractivity contribution in [2.75, 3.05) is 20.2 Å². The van der Waals surface area contributed by atoms with Crippen LogP contribution in [0.4, 0.5) is 13.2 Å². The van der Waals surface area contributed by atoms with E-state index in [0.29, 0.717) is 11.4 Å². The Morgan fingerprint density at radius 1 is 1.45 bits per heavy atom. The van der Waals surface area contributed by atoms with E-state index in [-0.39, 0.29) is 25.9 Å². The third-order valence-electron chi connectivity index (χ3n) is 4.01. The molecule has 2 heterocycles. The van der Waals surface area contributed by atoms with Crippen molar-refractivity contribution in [1.29, 1.82) is 0 Å². The van der Waals surface area contributed by atoms with Gasteiger partial charge in [0.05, 0.1) is 7.11 Å². The number of piperidine rings is 1. The summed E-state index contributed by atoms with van der Waals surface area (Å²) in [6.45, 7) is 2.66. The van der Waals surface area contributed by atoms with E-state index in [2.05, 4.69) is 4.74 Å². The second kappa shape index (κ2) is 6.17. The summed E-state index contributed by atoms with van der Waals surface area (Å²) in [4.78, 5) is 14.8. The number of hydrogen-bond donors (Lipinski definition) is 1. The highest BCUT2D eigenvalue weighted by atomic mass is 32.1. The number of likely N-dealkylation sites (tertiary alicyclic amines) is 1. The minimum Gasteiger partial charge on any atom is -0.465 e. The van der Waals surface area contributed by atoms with E-state index in [1.54, 1.807) is 6.07 Å². The van der Waals surface area contributed by atoms with Crippen molar-refractivity contribution in [3.05, 3.63) is 21.4 Å². The van der Waals surface area contributed by atoms with Gasteiger partial charge in [-0.05, 0) is 31.4 Å². The van der Waals surface area contributed by atoms with Crippen molar-refractivity contribution in [1.82, 2.24) is 4.90 Å². The van der Waals surface area contributed by atoms with Crippen LogP contribution < -0.4 is 0 Å². The first-order valence-electron chi connectivity index (χ1n) is 6.85. The summed E-state index contributed by atoms with van der Waals surface area (Å²) < 4.78 is 42.9. The molecule has 2 rings (SSSR count). The molecule has 8 heteroatoms. The SMILES string of the molecule is COC(=O)c1cc(CN2CCC(O)(C(F)(F)F)CC2)c(C)s1. The molecule has 0 spiro atoms. The molecule has 124 valence electrons. The molecule has 4 nitrogen and oxygen atoms in total. The number of halogens is 3. The predicted molar refractivity (Wildman–Crippen MR) is 75.9 cm³/mol. The van der Waals surface area contributed by atoms with Gasteiger partial charge in [0.1, 0.15) is 4.88 Å². The molecule has 1 aromatic rings. The van der Waals surface area contributed by atoms with Crippen LogP contribution in [0.1, 0.15) is 33.0 Å². The number of aryl methyl sites for hydroxylation is 1.